The molecule has 1 aliphatic heterocycles. The molecule has 2 heterocycles. The van der Waals surface area contributed by atoms with Gasteiger partial charge in [0.25, 0.3) is 0 Å². The number of allylic oxidation sites excluding steroid dienone is 1. The summed E-state index contributed by atoms with van der Waals surface area (Å²) in [7, 11) is 0. The van der Waals surface area contributed by atoms with Crippen molar-refractivity contribution < 1.29 is 4.79 Å². The van der Waals surface area contributed by atoms with Crippen LogP contribution in [0.15, 0.2) is 23.9 Å². The van der Waals surface area contributed by atoms with Crippen molar-refractivity contribution in [2.24, 2.45) is 5.41 Å². The normalized spacial score (nSPS) is 23.1. The summed E-state index contributed by atoms with van der Waals surface area (Å²) < 4.78 is 0. The van der Waals surface area contributed by atoms with Gasteiger partial charge in [0, 0.05) is 25.7 Å². The molecule has 4 rings (SSSR count). The van der Waals surface area contributed by atoms with E-state index in [0.29, 0.717) is 17.4 Å². The van der Waals surface area contributed by atoms with E-state index in [2.05, 4.69) is 16.0 Å². The molecule has 0 amide bonds. The van der Waals surface area contributed by atoms with Crippen molar-refractivity contribution in [1.29, 1.82) is 5.26 Å². The van der Waals surface area contributed by atoms with Crippen LogP contribution in [-0.2, 0) is 11.2 Å². The van der Waals surface area contributed by atoms with Gasteiger partial charge in [0.05, 0.1) is 11.4 Å². The summed E-state index contributed by atoms with van der Waals surface area (Å²) in [5.41, 5.74) is 3.29. The first kappa shape index (κ1) is 14.4. The third-order valence-corrected chi connectivity index (χ3v) is 5.76. The zero-order valence-electron chi connectivity index (χ0n) is 13.3. The molecule has 0 radical (unpaired) electrons. The lowest BCUT2D eigenvalue weighted by molar-refractivity contribution is -0.114. The molecule has 118 valence electrons. The van der Waals surface area contributed by atoms with E-state index in [1.807, 2.05) is 12.1 Å². The van der Waals surface area contributed by atoms with Crippen LogP contribution >= 0.6 is 0 Å². The van der Waals surface area contributed by atoms with E-state index in [4.69, 9.17) is 0 Å². The first-order chi connectivity index (χ1) is 11.2. The Labute approximate surface area is 136 Å². The predicted molar refractivity (Wildman–Crippen MR) is 87.2 cm³/mol. The molecule has 0 unspecified atom stereocenters. The molecule has 4 nitrogen and oxygen atoms in total. The molecule has 4 heteroatoms. The number of pyridine rings is 1. The number of hydrogen-bond donors (Lipinski definition) is 0. The number of carbonyl (C=O) groups is 1. The monoisotopic (exact) mass is 307 g/mol. The Morgan fingerprint density at radius 2 is 2.04 bits per heavy atom. The second-order valence-corrected chi connectivity index (χ2v) is 7.18. The number of aromatic nitrogens is 1. The third kappa shape index (κ3) is 2.35. The van der Waals surface area contributed by atoms with E-state index in [9.17, 15) is 10.1 Å². The largest absolute Gasteiger partial charge is 0.368 e. The summed E-state index contributed by atoms with van der Waals surface area (Å²) in [5.74, 6) is -0.0624. The molecule has 0 N–H and O–H groups in total. The van der Waals surface area contributed by atoms with E-state index < -0.39 is 0 Å². The Kier molecular flexibility index (Phi) is 3.45. The predicted octanol–water partition coefficient (Wildman–Crippen LogP) is 3.10. The van der Waals surface area contributed by atoms with E-state index in [1.165, 1.54) is 38.5 Å². The van der Waals surface area contributed by atoms with Crippen molar-refractivity contribution in [1.82, 2.24) is 9.88 Å². The van der Waals surface area contributed by atoms with Gasteiger partial charge in [-0.1, -0.05) is 25.3 Å². The highest BCUT2D eigenvalue weighted by Gasteiger charge is 2.42. The SMILES string of the molecule is N#CC1=C(N2CCC3(CCCCC3)C2)c2ncccc2CC1=O. The fraction of sp³-hybridized carbons (Fsp3) is 0.526. The van der Waals surface area contributed by atoms with Crippen LogP contribution in [0.4, 0.5) is 0 Å². The van der Waals surface area contributed by atoms with Crippen molar-refractivity contribution in [3.63, 3.8) is 0 Å². The fourth-order valence-electron chi connectivity index (χ4n) is 4.57. The van der Waals surface area contributed by atoms with Gasteiger partial charge in [0.1, 0.15) is 11.6 Å². The molecule has 1 aromatic heterocycles. The van der Waals surface area contributed by atoms with Gasteiger partial charge in [0.15, 0.2) is 5.78 Å². The van der Waals surface area contributed by atoms with Crippen molar-refractivity contribution in [3.8, 4) is 6.07 Å². The number of rotatable bonds is 1. The molecule has 3 aliphatic rings. The van der Waals surface area contributed by atoms with E-state index in [1.54, 1.807) is 6.20 Å². The molecule has 0 bridgehead atoms. The number of ketones is 1. The molecule has 0 aromatic carbocycles. The maximum Gasteiger partial charge on any atom is 0.180 e. The smallest absolute Gasteiger partial charge is 0.180 e. The second kappa shape index (κ2) is 5.49. The molecule has 2 fully saturated rings. The molecule has 1 aromatic rings. The van der Waals surface area contributed by atoms with Gasteiger partial charge in [-0.25, -0.2) is 0 Å². The zero-order chi connectivity index (χ0) is 15.9. The maximum absolute atomic E-state index is 12.4. The number of Topliss-reactive ketones (excluding diaryl/α,β-unsaturated/α-hetero) is 1. The Morgan fingerprint density at radius 1 is 1.22 bits per heavy atom. The van der Waals surface area contributed by atoms with Gasteiger partial charge in [-0.3, -0.25) is 9.78 Å². The number of carbonyl (C=O) groups excluding carboxylic acids is 1. The topological polar surface area (TPSA) is 57.0 Å². The van der Waals surface area contributed by atoms with Crippen LogP contribution < -0.4 is 0 Å². The van der Waals surface area contributed by atoms with E-state index in [0.717, 1.165) is 30.0 Å². The minimum atomic E-state index is -0.0624. The second-order valence-electron chi connectivity index (χ2n) is 7.18. The number of likely N-dealkylation sites (tertiary alicyclic amines) is 1. The first-order valence-corrected chi connectivity index (χ1v) is 8.59. The molecule has 1 saturated carbocycles. The van der Waals surface area contributed by atoms with Crippen molar-refractivity contribution >= 4 is 11.5 Å². The minimum absolute atomic E-state index is 0.0624. The van der Waals surface area contributed by atoms with E-state index >= 15 is 0 Å². The average molecular weight is 307 g/mol. The van der Waals surface area contributed by atoms with E-state index in [-0.39, 0.29) is 5.78 Å². The highest BCUT2D eigenvalue weighted by atomic mass is 16.1. The Balaban J connectivity index is 1.74. The van der Waals surface area contributed by atoms with Gasteiger partial charge in [0.2, 0.25) is 0 Å². The van der Waals surface area contributed by atoms with Crippen LogP contribution in [-0.4, -0.2) is 28.8 Å². The molecule has 2 aliphatic carbocycles. The summed E-state index contributed by atoms with van der Waals surface area (Å²) >= 11 is 0. The van der Waals surface area contributed by atoms with Crippen molar-refractivity contribution in [3.05, 3.63) is 35.2 Å². The average Bonchev–Trinajstić information content (AvgIpc) is 2.97. The van der Waals surface area contributed by atoms with Gasteiger partial charge < -0.3 is 4.90 Å². The number of hydrogen-bond acceptors (Lipinski definition) is 4. The third-order valence-electron chi connectivity index (χ3n) is 5.76. The first-order valence-electron chi connectivity index (χ1n) is 8.59. The van der Waals surface area contributed by atoms with Crippen molar-refractivity contribution in [2.75, 3.05) is 13.1 Å². The lowest BCUT2D eigenvalue weighted by Gasteiger charge is -2.34. The quantitative estimate of drug-likeness (QED) is 0.800. The van der Waals surface area contributed by atoms with Gasteiger partial charge >= 0.3 is 0 Å². The van der Waals surface area contributed by atoms with Gasteiger partial charge in [-0.05, 0) is 36.3 Å². The van der Waals surface area contributed by atoms with Crippen LogP contribution in [0.5, 0.6) is 0 Å². The van der Waals surface area contributed by atoms with Crippen LogP contribution in [0.3, 0.4) is 0 Å². The van der Waals surface area contributed by atoms with Crippen LogP contribution in [0, 0.1) is 16.7 Å². The highest BCUT2D eigenvalue weighted by Crippen LogP contribution is 2.46. The number of nitrogens with zero attached hydrogens (tertiary/aromatic N) is 3. The Hall–Kier alpha value is -2.15. The molecular weight excluding hydrogens is 286 g/mol. The summed E-state index contributed by atoms with van der Waals surface area (Å²) in [6.07, 6.45) is 9.76. The number of nitriles is 1. The molecule has 1 saturated heterocycles. The molecule has 23 heavy (non-hydrogen) atoms. The Bertz CT molecular complexity index is 722. The lowest BCUT2D eigenvalue weighted by Crippen LogP contribution is -2.31. The van der Waals surface area contributed by atoms with Crippen LogP contribution in [0.25, 0.3) is 5.70 Å². The number of fused-ring (bicyclic) bond motifs is 1. The summed E-state index contributed by atoms with van der Waals surface area (Å²) in [6.45, 7) is 1.90. The molecule has 0 atom stereocenters. The van der Waals surface area contributed by atoms with Crippen LogP contribution in [0.2, 0.25) is 0 Å². The summed E-state index contributed by atoms with van der Waals surface area (Å²) in [5, 5.41) is 9.54. The summed E-state index contributed by atoms with van der Waals surface area (Å²) in [4.78, 5) is 19.2. The Morgan fingerprint density at radius 3 is 2.83 bits per heavy atom. The fourth-order valence-corrected chi connectivity index (χ4v) is 4.57. The molecular formula is C19H21N3O. The lowest BCUT2D eigenvalue weighted by atomic mass is 9.73. The standard InChI is InChI=1S/C19H21N3O/c20-12-15-16(23)11-14-5-4-9-21-17(14)18(15)22-10-8-19(13-22)6-2-1-3-7-19/h4-5,9H,1-3,6-8,10-11,13H2. The maximum atomic E-state index is 12.4. The van der Waals surface area contributed by atoms with Gasteiger partial charge in [-0.2, -0.15) is 5.26 Å². The van der Waals surface area contributed by atoms with Crippen molar-refractivity contribution in [2.45, 2.75) is 44.9 Å². The zero-order valence-corrected chi connectivity index (χ0v) is 13.3. The van der Waals surface area contributed by atoms with Crippen LogP contribution in [0.1, 0.15) is 49.8 Å². The summed E-state index contributed by atoms with van der Waals surface area (Å²) in [6, 6.07) is 5.99. The highest BCUT2D eigenvalue weighted by molar-refractivity contribution is 6.09. The van der Waals surface area contributed by atoms with Gasteiger partial charge in [-0.15, -0.1) is 0 Å². The molecule has 1 spiro atoms. The minimum Gasteiger partial charge on any atom is -0.368 e.